The topological polar surface area (TPSA) is 343 Å². The monoisotopic (exact) mass is 1390 g/mol. The van der Waals surface area contributed by atoms with Crippen molar-refractivity contribution in [3.8, 4) is 53.5 Å². The van der Waals surface area contributed by atoms with E-state index in [0.29, 0.717) is 72.3 Å². The summed E-state index contributed by atoms with van der Waals surface area (Å²) >= 11 is 2.25. The zero-order valence-electron chi connectivity index (χ0n) is 55.3. The number of fused-ring (bicyclic) bond motifs is 3. The van der Waals surface area contributed by atoms with Gasteiger partial charge in [-0.25, -0.2) is 29.0 Å². The van der Waals surface area contributed by atoms with E-state index in [0.717, 1.165) is 81.7 Å². The number of primary amides is 3. The lowest BCUT2D eigenvalue weighted by atomic mass is 9.69. The van der Waals surface area contributed by atoms with E-state index in [1.807, 2.05) is 12.1 Å². The van der Waals surface area contributed by atoms with Gasteiger partial charge in [0.1, 0.15) is 0 Å². The maximum absolute atomic E-state index is 12.2. The first-order chi connectivity index (χ1) is 43.9. The summed E-state index contributed by atoms with van der Waals surface area (Å²) in [7, 11) is 4.91. The first-order valence-corrected chi connectivity index (χ1v) is 32.3. The molecule has 0 radical (unpaired) electrons. The molecular weight excluding hydrogens is 1310 g/mol. The quantitative estimate of drug-likeness (QED) is 0.101. The second kappa shape index (κ2) is 26.2. The van der Waals surface area contributed by atoms with Crippen LogP contribution in [0.25, 0.3) is 17.5 Å². The molecule has 3 aliphatic carbocycles. The molecule has 9 N–H and O–H groups in total. The van der Waals surface area contributed by atoms with Crippen molar-refractivity contribution >= 4 is 58.0 Å². The average Bonchev–Trinajstić information content (AvgIpc) is 1.59. The maximum Gasteiger partial charge on any atom is 0.269 e. The maximum atomic E-state index is 12.2. The molecule has 6 atom stereocenters. The first-order valence-electron chi connectivity index (χ1n) is 31.2. The smallest absolute Gasteiger partial charge is 0.269 e. The molecule has 3 fully saturated rings. The summed E-state index contributed by atoms with van der Waals surface area (Å²) in [4.78, 5) is 88.8. The van der Waals surface area contributed by atoms with Crippen LogP contribution in [0, 0.1) is 73.6 Å². The van der Waals surface area contributed by atoms with Crippen LogP contribution in [0.15, 0.2) is 55.0 Å². The molecule has 3 saturated heterocycles. The minimum Gasteiger partial charge on any atom is -0.369 e. The fourth-order valence-electron chi connectivity index (χ4n) is 12.4. The van der Waals surface area contributed by atoms with E-state index in [1.54, 1.807) is 78.0 Å². The van der Waals surface area contributed by atoms with Crippen LogP contribution in [0.2, 0.25) is 0 Å². The van der Waals surface area contributed by atoms with Crippen molar-refractivity contribution in [3.05, 3.63) is 121 Å². The summed E-state index contributed by atoms with van der Waals surface area (Å²) in [6.45, 7) is 21.4. The highest BCUT2D eigenvalue weighted by atomic mass is 127. The van der Waals surface area contributed by atoms with Crippen molar-refractivity contribution in [1.82, 2.24) is 59.0 Å². The number of halogens is 1. The standard InChI is InChI=1S/2C23H27N5O3.C16H19IN4O.C7H9NO2/c2*1-14-11-16-17(13-22(14,2)3)28(26-19(16)20(24)29)18-12-15(6-9-25-18)5-7-23(31)8-10-27(4)21(23)30;1-9-6-11-12(8-16(9,2)3)21(20-14(11)15(18)22)13-7-10(17)4-5-19-13;1-3-7(10)4-5-8(2)6(7)9/h2*6,9,12,14,31H,8,10-11,13H2,1-4H3,(H2,24,29);4-5,7,9H,6,8H2,1-3H3,(H2,18,22);1,10H,4-5H2,2H3/t14-,23+;14-,23-;;7-/m10.0/s1. The van der Waals surface area contributed by atoms with Crippen molar-refractivity contribution in [2.45, 2.75) is 137 Å². The van der Waals surface area contributed by atoms with E-state index >= 15 is 0 Å². The summed E-state index contributed by atoms with van der Waals surface area (Å²) in [5, 5.41) is 43.9. The highest BCUT2D eigenvalue weighted by Gasteiger charge is 2.45. The Bertz CT molecular complexity index is 4050. The van der Waals surface area contributed by atoms with Crippen LogP contribution in [0.4, 0.5) is 0 Å². The molecule has 0 spiro atoms. The number of aromatic nitrogens is 9. The number of likely N-dealkylation sites (tertiary alicyclic amines) is 3. The number of aliphatic hydroxyl groups is 3. The first kappa shape index (κ1) is 69.5. The Kier molecular flexibility index (Phi) is 19.4. The van der Waals surface area contributed by atoms with Crippen molar-refractivity contribution in [3.63, 3.8) is 0 Å². The number of amides is 6. The average molecular weight is 1390 g/mol. The van der Waals surface area contributed by atoms with Crippen LogP contribution in [0.1, 0.15) is 158 Å². The minimum absolute atomic E-state index is 0.0370. The molecule has 0 bridgehead atoms. The van der Waals surface area contributed by atoms with Gasteiger partial charge in [0.2, 0.25) is 16.8 Å². The SMILES string of the molecule is C#C[C@]1(O)CCN(C)C1=O.CC1Cc2c(C(N)=O)nn(-c3cc(I)ccn3)c2CC1(C)C.C[C@@H]1Cc2c(C(N)=O)nn(-c3cc(C#C[C@]4(O)CCN(C)C4=O)ccn3)c2CC1(C)C.C[C@H]1Cc2c(C(N)=O)nn(-c3cc(C#C[C@]4(O)CCN(C)C4=O)ccn3)c2CC1(C)C. The Labute approximate surface area is 561 Å². The molecule has 9 heterocycles. The third-order valence-corrected chi connectivity index (χ3v) is 20.5. The predicted molar refractivity (Wildman–Crippen MR) is 358 cm³/mol. The van der Waals surface area contributed by atoms with Gasteiger partial charge in [-0.2, -0.15) is 15.3 Å². The highest BCUT2D eigenvalue weighted by molar-refractivity contribution is 14.1. The number of nitrogens with two attached hydrogens (primary N) is 3. The van der Waals surface area contributed by atoms with Crippen LogP contribution in [0.3, 0.4) is 0 Å². The zero-order valence-corrected chi connectivity index (χ0v) is 57.4. The van der Waals surface area contributed by atoms with Gasteiger partial charge < -0.3 is 47.2 Å². The molecule has 0 saturated carbocycles. The van der Waals surface area contributed by atoms with Gasteiger partial charge in [0, 0.05) is 110 Å². The lowest BCUT2D eigenvalue weighted by molar-refractivity contribution is -0.138. The number of likely N-dealkylation sites (N-methyl/N-ethyl adjacent to an activating group) is 3. The normalized spacial score (nSPS) is 24.2. The van der Waals surface area contributed by atoms with Gasteiger partial charge in [-0.15, -0.1) is 6.42 Å². The molecule has 0 aromatic carbocycles. The van der Waals surface area contributed by atoms with Crippen LogP contribution >= 0.6 is 22.6 Å². The summed E-state index contributed by atoms with van der Waals surface area (Å²) in [6, 6.07) is 10.8. The van der Waals surface area contributed by atoms with Crippen LogP contribution < -0.4 is 17.2 Å². The van der Waals surface area contributed by atoms with Crippen LogP contribution in [-0.4, -0.2) is 167 Å². The number of carbonyl (C=O) groups is 6. The summed E-state index contributed by atoms with van der Waals surface area (Å²) in [5.74, 6) is 13.6. The molecule has 494 valence electrons. The fourth-order valence-corrected chi connectivity index (χ4v) is 12.8. The number of pyridine rings is 3. The van der Waals surface area contributed by atoms with E-state index in [1.165, 1.54) is 14.7 Å². The van der Waals surface area contributed by atoms with Crippen molar-refractivity contribution in [2.75, 3.05) is 40.8 Å². The Morgan fingerprint density at radius 3 is 1.09 bits per heavy atom. The molecule has 6 aromatic heterocycles. The molecule has 12 rings (SSSR count). The van der Waals surface area contributed by atoms with Crippen molar-refractivity contribution in [2.24, 2.45) is 51.2 Å². The molecule has 6 aromatic rings. The van der Waals surface area contributed by atoms with E-state index in [-0.39, 0.29) is 46.4 Å². The predicted octanol–water partition coefficient (Wildman–Crippen LogP) is 4.09. The summed E-state index contributed by atoms with van der Waals surface area (Å²) in [5.41, 5.74) is 19.9. The van der Waals surface area contributed by atoms with Gasteiger partial charge in [0.25, 0.3) is 35.4 Å². The Morgan fingerprint density at radius 1 is 0.521 bits per heavy atom. The number of rotatable bonds is 6. The van der Waals surface area contributed by atoms with Crippen molar-refractivity contribution < 1.29 is 44.1 Å². The third kappa shape index (κ3) is 13.9. The Morgan fingerprint density at radius 2 is 0.819 bits per heavy atom. The van der Waals surface area contributed by atoms with Gasteiger partial charge in [-0.05, 0) is 132 Å². The number of terminal acetylenes is 1. The van der Waals surface area contributed by atoms with Crippen LogP contribution in [-0.2, 0) is 52.9 Å². The van der Waals surface area contributed by atoms with Gasteiger partial charge in [0.15, 0.2) is 34.5 Å². The lowest BCUT2D eigenvalue weighted by Crippen LogP contribution is -2.37. The Hall–Kier alpha value is -8.81. The van der Waals surface area contributed by atoms with E-state index in [2.05, 4.69) is 145 Å². The second-order valence-electron chi connectivity index (χ2n) is 27.8. The molecule has 25 heteroatoms. The lowest BCUT2D eigenvalue weighted by Gasteiger charge is -2.36. The number of hydrogen-bond donors (Lipinski definition) is 6. The Balaban J connectivity index is 0.000000156. The number of carbonyl (C=O) groups excluding carboxylic acids is 6. The minimum atomic E-state index is -1.66. The second-order valence-corrected chi connectivity index (χ2v) is 29.0. The third-order valence-electron chi connectivity index (χ3n) is 19.8. The molecule has 6 aliphatic rings. The van der Waals surface area contributed by atoms with E-state index in [4.69, 9.17) is 23.6 Å². The zero-order chi connectivity index (χ0) is 68.9. The molecule has 24 nitrogen and oxygen atoms in total. The van der Waals surface area contributed by atoms with Gasteiger partial charge >= 0.3 is 0 Å². The highest BCUT2D eigenvalue weighted by Crippen LogP contribution is 2.44. The molecular formula is C69H82IN15O9. The number of hydrogen-bond acceptors (Lipinski definition) is 15. The van der Waals surface area contributed by atoms with Gasteiger partial charge in [-0.1, -0.05) is 91.9 Å². The largest absolute Gasteiger partial charge is 0.369 e. The summed E-state index contributed by atoms with van der Waals surface area (Å²) in [6.07, 6.45) is 15.4. The fraction of sp³-hybridized carbons (Fsp3) is 0.478. The number of nitrogens with zero attached hydrogens (tertiary/aromatic N) is 12. The van der Waals surface area contributed by atoms with Gasteiger partial charge in [-0.3, -0.25) is 28.8 Å². The molecule has 6 amide bonds. The molecule has 3 aliphatic heterocycles. The van der Waals surface area contributed by atoms with E-state index in [9.17, 15) is 44.1 Å². The molecule has 94 heavy (non-hydrogen) atoms. The van der Waals surface area contributed by atoms with Crippen molar-refractivity contribution in [1.29, 1.82) is 0 Å². The van der Waals surface area contributed by atoms with Gasteiger partial charge in [0.05, 0.1) is 17.1 Å². The van der Waals surface area contributed by atoms with E-state index < -0.39 is 46.3 Å². The molecule has 1 unspecified atom stereocenters. The summed E-state index contributed by atoms with van der Waals surface area (Å²) < 4.78 is 6.23. The van der Waals surface area contributed by atoms with Crippen LogP contribution in [0.5, 0.6) is 0 Å².